The summed E-state index contributed by atoms with van der Waals surface area (Å²) in [6.45, 7) is 0.00826. The fourth-order valence-electron chi connectivity index (χ4n) is 2.80. The molecule has 0 spiro atoms. The lowest BCUT2D eigenvalue weighted by molar-refractivity contribution is 0.299. The zero-order valence-electron chi connectivity index (χ0n) is 16.1. The van der Waals surface area contributed by atoms with E-state index in [1.165, 1.54) is 17.4 Å². The minimum Gasteiger partial charge on any atom is -0.488 e. The summed E-state index contributed by atoms with van der Waals surface area (Å²) in [5.74, 6) is 0.150. The quantitative estimate of drug-likeness (QED) is 0.206. The third-order valence-corrected chi connectivity index (χ3v) is 5.94. The fraction of sp³-hybridized carbons (Fsp3) is 0.0435. The first-order valence-corrected chi connectivity index (χ1v) is 11.3. The summed E-state index contributed by atoms with van der Waals surface area (Å²) in [6, 6.07) is 20.0. The first kappa shape index (κ1) is 21.5. The molecule has 4 aromatic rings. The molecule has 0 unspecified atom stereocenters. The van der Waals surface area contributed by atoms with E-state index in [-0.39, 0.29) is 6.61 Å². The van der Waals surface area contributed by atoms with Crippen molar-refractivity contribution in [1.82, 2.24) is 4.98 Å². The summed E-state index contributed by atoms with van der Waals surface area (Å²) in [5.41, 5.74) is 5.91. The number of halogens is 3. The second kappa shape index (κ2) is 10.0. The lowest BCUT2D eigenvalue weighted by atomic mass is 10.2. The molecule has 0 fully saturated rings. The SMILES string of the molecule is Fc1cccc(Cl)c1COc1ccc(Br)cc1C=NNc1nc(-c2ccccc2)cs1. The highest BCUT2D eigenvalue weighted by molar-refractivity contribution is 9.10. The van der Waals surface area contributed by atoms with Crippen LogP contribution in [0.3, 0.4) is 0 Å². The largest absolute Gasteiger partial charge is 0.488 e. The number of rotatable bonds is 7. The molecular weight excluding hydrogens is 501 g/mol. The summed E-state index contributed by atoms with van der Waals surface area (Å²) in [7, 11) is 0. The van der Waals surface area contributed by atoms with Crippen LogP contribution in [0.5, 0.6) is 5.75 Å². The molecule has 4 nitrogen and oxygen atoms in total. The second-order valence-corrected chi connectivity index (χ2v) is 8.63. The predicted molar refractivity (Wildman–Crippen MR) is 129 cm³/mol. The normalized spacial score (nSPS) is 11.1. The highest BCUT2D eigenvalue weighted by Crippen LogP contribution is 2.27. The lowest BCUT2D eigenvalue weighted by Gasteiger charge is -2.11. The lowest BCUT2D eigenvalue weighted by Crippen LogP contribution is -2.02. The van der Waals surface area contributed by atoms with Gasteiger partial charge in [0.1, 0.15) is 18.2 Å². The van der Waals surface area contributed by atoms with Crippen LogP contribution in [0.4, 0.5) is 9.52 Å². The molecular formula is C23H16BrClFN3OS. The molecule has 156 valence electrons. The third kappa shape index (κ3) is 5.50. The van der Waals surface area contributed by atoms with Crippen molar-refractivity contribution in [2.75, 3.05) is 5.43 Å². The molecule has 0 aliphatic rings. The summed E-state index contributed by atoms with van der Waals surface area (Å²) in [4.78, 5) is 4.54. The molecule has 0 aliphatic heterocycles. The molecule has 1 N–H and O–H groups in total. The molecule has 1 aromatic heterocycles. The van der Waals surface area contributed by atoms with Crippen molar-refractivity contribution >= 4 is 50.2 Å². The Labute approximate surface area is 196 Å². The average Bonchev–Trinajstić information content (AvgIpc) is 3.24. The molecule has 0 amide bonds. The van der Waals surface area contributed by atoms with Crippen LogP contribution in [-0.4, -0.2) is 11.2 Å². The smallest absolute Gasteiger partial charge is 0.203 e. The highest BCUT2D eigenvalue weighted by Gasteiger charge is 2.10. The molecule has 0 saturated carbocycles. The zero-order valence-corrected chi connectivity index (χ0v) is 19.2. The van der Waals surface area contributed by atoms with Crippen LogP contribution in [0.25, 0.3) is 11.3 Å². The van der Waals surface area contributed by atoms with Gasteiger partial charge in [-0.2, -0.15) is 5.10 Å². The van der Waals surface area contributed by atoms with Crippen LogP contribution in [0.15, 0.2) is 81.7 Å². The van der Waals surface area contributed by atoms with E-state index in [2.05, 4.69) is 31.4 Å². The molecule has 8 heteroatoms. The van der Waals surface area contributed by atoms with E-state index < -0.39 is 5.82 Å². The Kier molecular flexibility index (Phi) is 6.96. The number of nitrogens with zero attached hydrogens (tertiary/aromatic N) is 2. The van der Waals surface area contributed by atoms with E-state index in [4.69, 9.17) is 16.3 Å². The van der Waals surface area contributed by atoms with Gasteiger partial charge in [-0.05, 0) is 30.3 Å². The Hall–Kier alpha value is -2.74. The van der Waals surface area contributed by atoms with E-state index in [0.29, 0.717) is 27.0 Å². The number of hydrogen-bond donors (Lipinski definition) is 1. The summed E-state index contributed by atoms with van der Waals surface area (Å²) < 4.78 is 20.7. The maximum Gasteiger partial charge on any atom is 0.203 e. The maximum atomic E-state index is 14.0. The van der Waals surface area contributed by atoms with Crippen molar-refractivity contribution in [2.45, 2.75) is 6.61 Å². The number of nitrogens with one attached hydrogen (secondary N) is 1. The molecule has 0 bridgehead atoms. The number of anilines is 1. The van der Waals surface area contributed by atoms with Gasteiger partial charge in [0.05, 0.1) is 16.9 Å². The van der Waals surface area contributed by atoms with E-state index in [1.807, 2.05) is 47.8 Å². The summed E-state index contributed by atoms with van der Waals surface area (Å²) in [5, 5.41) is 7.25. The molecule has 3 aromatic carbocycles. The molecule has 4 rings (SSSR count). The van der Waals surface area contributed by atoms with Gasteiger partial charge in [-0.3, -0.25) is 5.43 Å². The number of aromatic nitrogens is 1. The molecule has 1 heterocycles. The van der Waals surface area contributed by atoms with E-state index in [9.17, 15) is 4.39 Å². The van der Waals surface area contributed by atoms with Gasteiger partial charge >= 0.3 is 0 Å². The summed E-state index contributed by atoms with van der Waals surface area (Å²) in [6.07, 6.45) is 1.63. The molecule has 0 radical (unpaired) electrons. The van der Waals surface area contributed by atoms with Gasteiger partial charge in [0.2, 0.25) is 5.13 Å². The van der Waals surface area contributed by atoms with Crippen LogP contribution in [0, 0.1) is 5.82 Å². The van der Waals surface area contributed by atoms with Gasteiger partial charge in [-0.1, -0.05) is 63.9 Å². The van der Waals surface area contributed by atoms with Crippen LogP contribution in [0.2, 0.25) is 5.02 Å². The second-order valence-electron chi connectivity index (χ2n) is 6.44. The number of benzene rings is 3. The van der Waals surface area contributed by atoms with Crippen LogP contribution >= 0.6 is 38.9 Å². The molecule has 0 atom stereocenters. The number of thiazole rings is 1. The van der Waals surface area contributed by atoms with Gasteiger partial charge in [0.15, 0.2) is 0 Å². The Morgan fingerprint density at radius 3 is 2.77 bits per heavy atom. The van der Waals surface area contributed by atoms with Crippen LogP contribution in [0.1, 0.15) is 11.1 Å². The van der Waals surface area contributed by atoms with Crippen molar-refractivity contribution in [3.05, 3.63) is 98.5 Å². The highest BCUT2D eigenvalue weighted by atomic mass is 79.9. The van der Waals surface area contributed by atoms with E-state index in [1.54, 1.807) is 24.4 Å². The van der Waals surface area contributed by atoms with E-state index >= 15 is 0 Å². The predicted octanol–water partition coefficient (Wildman–Crippen LogP) is 7.39. The van der Waals surface area contributed by atoms with Crippen molar-refractivity contribution in [2.24, 2.45) is 5.10 Å². The van der Waals surface area contributed by atoms with Gasteiger partial charge in [0.25, 0.3) is 0 Å². The molecule has 0 aliphatic carbocycles. The van der Waals surface area contributed by atoms with Crippen molar-refractivity contribution in [3.8, 4) is 17.0 Å². The van der Waals surface area contributed by atoms with Crippen molar-refractivity contribution < 1.29 is 9.13 Å². The monoisotopic (exact) mass is 515 g/mol. The van der Waals surface area contributed by atoms with Gasteiger partial charge in [-0.25, -0.2) is 9.37 Å². The van der Waals surface area contributed by atoms with Gasteiger partial charge in [0, 0.05) is 26.5 Å². The zero-order chi connectivity index (χ0) is 21.6. The van der Waals surface area contributed by atoms with Gasteiger partial charge < -0.3 is 4.74 Å². The number of hydrazone groups is 1. The number of hydrogen-bond acceptors (Lipinski definition) is 5. The summed E-state index contributed by atoms with van der Waals surface area (Å²) >= 11 is 11.0. The molecule has 0 saturated heterocycles. The first-order chi connectivity index (χ1) is 15.1. The maximum absolute atomic E-state index is 14.0. The van der Waals surface area contributed by atoms with Crippen LogP contribution in [-0.2, 0) is 6.61 Å². The Morgan fingerprint density at radius 2 is 1.97 bits per heavy atom. The molecule has 31 heavy (non-hydrogen) atoms. The first-order valence-electron chi connectivity index (χ1n) is 9.25. The number of ether oxygens (including phenoxy) is 1. The minimum atomic E-state index is -0.403. The van der Waals surface area contributed by atoms with Crippen molar-refractivity contribution in [3.63, 3.8) is 0 Å². The standard InChI is InChI=1S/C23H16BrClFN3OS/c24-17-9-10-22(30-13-18-19(25)7-4-8-20(18)26)16(11-17)12-27-29-23-28-21(14-31-23)15-5-2-1-3-6-15/h1-12,14H,13H2,(H,28,29). The minimum absolute atomic E-state index is 0.00826. The van der Waals surface area contributed by atoms with E-state index in [0.717, 1.165) is 15.7 Å². The fourth-order valence-corrected chi connectivity index (χ4v) is 4.06. The Bertz CT molecular complexity index is 1200. The third-order valence-electron chi connectivity index (χ3n) is 4.34. The topological polar surface area (TPSA) is 46.5 Å². The Morgan fingerprint density at radius 1 is 1.13 bits per heavy atom. The van der Waals surface area contributed by atoms with Crippen molar-refractivity contribution in [1.29, 1.82) is 0 Å². The Balaban J connectivity index is 1.46. The average molecular weight is 517 g/mol. The van der Waals surface area contributed by atoms with Gasteiger partial charge in [-0.15, -0.1) is 11.3 Å². The van der Waals surface area contributed by atoms with Crippen LogP contribution < -0.4 is 10.2 Å².